The molecule has 1 unspecified atom stereocenters. The van der Waals surface area contributed by atoms with Gasteiger partial charge in [-0.15, -0.1) is 0 Å². The van der Waals surface area contributed by atoms with Crippen molar-refractivity contribution in [2.75, 3.05) is 0 Å². The average Bonchev–Trinajstić information content (AvgIpc) is 0.918. The second kappa shape index (κ2) is 9.08. The molecule has 0 aromatic carbocycles. The van der Waals surface area contributed by atoms with Gasteiger partial charge in [-0.2, -0.15) is 9.90 Å². The summed E-state index contributed by atoms with van der Waals surface area (Å²) in [6.07, 6.45) is 0. The number of hydrogen-bond acceptors (Lipinski definition) is 0. The predicted octanol–water partition coefficient (Wildman–Crippen LogP) is 1.83. The molecule has 0 rings (SSSR count). The van der Waals surface area contributed by atoms with Gasteiger partial charge in [-0.1, -0.05) is 0 Å². The quantitative estimate of drug-likeness (QED) is 0.467. The number of rotatable bonds is 0. The topological polar surface area (TPSA) is 0 Å². The van der Waals surface area contributed by atoms with Gasteiger partial charge < -0.3 is 0 Å². The van der Waals surface area contributed by atoms with E-state index in [2.05, 4.69) is 40.0 Å². The first-order valence-corrected chi connectivity index (χ1v) is 9.35. The Bertz CT molecular complexity index is 6.00. The summed E-state index contributed by atoms with van der Waals surface area (Å²) in [4.78, 5) is 0. The molecule has 0 aromatic heterocycles. The van der Waals surface area contributed by atoms with E-state index in [-0.39, 0.29) is 9.90 Å². The fourth-order valence-electron chi connectivity index (χ4n) is 0. The van der Waals surface area contributed by atoms with E-state index < -0.39 is 0 Å². The number of halogens is 2. The molecule has 0 saturated carbocycles. The third-order valence-electron chi connectivity index (χ3n) is 0. The van der Waals surface area contributed by atoms with Gasteiger partial charge in [0.2, 0.25) is 0 Å². The minimum absolute atomic E-state index is 0. The molecule has 0 saturated heterocycles. The van der Waals surface area contributed by atoms with Gasteiger partial charge in [0.1, 0.15) is 0 Å². The molecule has 0 bridgehead atoms. The van der Waals surface area contributed by atoms with Crippen LogP contribution in [-0.4, -0.2) is 0 Å². The molecule has 0 aliphatic rings. The molecule has 1 atom stereocenters. The van der Waals surface area contributed by atoms with Gasteiger partial charge in [-0.3, -0.25) is 0 Å². The molecule has 0 spiro atoms. The van der Waals surface area contributed by atoms with Gasteiger partial charge in [0, 0.05) is 0 Å². The van der Waals surface area contributed by atoms with Gasteiger partial charge in [-0.25, -0.2) is 0 Å². The maximum atomic E-state index is 2.37. The molecule has 0 amide bonds. The Balaban J connectivity index is 0. The predicted molar refractivity (Wildman–Crippen MR) is 39.1 cm³/mol. The first kappa shape index (κ1) is 9.69. The van der Waals surface area contributed by atoms with Crippen LogP contribution in [-0.2, 0) is 9.47 Å². The summed E-state index contributed by atoms with van der Waals surface area (Å²) in [5.41, 5.74) is 0. The van der Waals surface area contributed by atoms with Crippen LogP contribution in [0.25, 0.3) is 0 Å². The van der Waals surface area contributed by atoms with Crippen molar-refractivity contribution in [2.24, 2.45) is 0 Å². The molecule has 0 aromatic rings. The van der Waals surface area contributed by atoms with Crippen LogP contribution in [0, 0.1) is 0 Å². The van der Waals surface area contributed by atoms with Crippen LogP contribution >= 0.6 is 49.9 Å². The van der Waals surface area contributed by atoms with Crippen molar-refractivity contribution in [1.82, 2.24) is 0 Å². The molecule has 4 heavy (non-hydrogen) atoms. The zero-order valence-corrected chi connectivity index (χ0v) is 9.04. The summed E-state index contributed by atoms with van der Waals surface area (Å²) >= 11 is 4.74. The Hall–Kier alpha value is 2.47. The summed E-state index contributed by atoms with van der Waals surface area (Å²) in [5.74, 6) is 0. The van der Waals surface area contributed by atoms with E-state index in [0.29, 0.717) is 9.47 Å². The Labute approximate surface area is 58.3 Å². The van der Waals surface area contributed by atoms with Crippen LogP contribution in [0.5, 0.6) is 0 Å². The molecule has 0 N–H and O–H groups in total. The SMILES string of the molecule is P.[I][V][I]. The molecular formula is H3I2PV. The first-order chi connectivity index (χ1) is 1.41. The van der Waals surface area contributed by atoms with E-state index in [1.54, 1.807) is 0 Å². The molecule has 0 heterocycles. The molecule has 0 nitrogen and oxygen atoms in total. The third kappa shape index (κ3) is 8.82. The molecule has 0 aliphatic carbocycles. The van der Waals surface area contributed by atoms with Crippen LogP contribution in [0.2, 0.25) is 0 Å². The van der Waals surface area contributed by atoms with Crippen LogP contribution in [0.15, 0.2) is 0 Å². The zero-order valence-electron chi connectivity index (χ0n) is 1.91. The monoisotopic (exact) mass is 339 g/mol. The van der Waals surface area contributed by atoms with Crippen LogP contribution in [0.1, 0.15) is 0 Å². The van der Waals surface area contributed by atoms with E-state index in [0.717, 1.165) is 0 Å². The Kier molecular flexibility index (Phi) is 22.0. The molecule has 4 heteroatoms. The second-order valence-electron chi connectivity index (χ2n) is 0.0639. The van der Waals surface area contributed by atoms with Gasteiger partial charge in [0.25, 0.3) is 0 Å². The summed E-state index contributed by atoms with van der Waals surface area (Å²) in [5, 5.41) is 0. The van der Waals surface area contributed by atoms with Crippen LogP contribution in [0.4, 0.5) is 0 Å². The summed E-state index contributed by atoms with van der Waals surface area (Å²) in [7, 11) is 0.628. The Morgan fingerprint density at radius 2 is 1.25 bits per heavy atom. The molecular weight excluding hydrogens is 336 g/mol. The van der Waals surface area contributed by atoms with Crippen molar-refractivity contribution < 1.29 is 9.47 Å². The molecule has 27 valence electrons. The van der Waals surface area contributed by atoms with E-state index in [4.69, 9.17) is 0 Å². The average molecular weight is 339 g/mol. The van der Waals surface area contributed by atoms with E-state index in [1.165, 1.54) is 0 Å². The minimum atomic E-state index is 0. The van der Waals surface area contributed by atoms with Crippen molar-refractivity contribution >= 4 is 49.9 Å². The van der Waals surface area contributed by atoms with Gasteiger partial charge in [0.05, 0.1) is 0 Å². The second-order valence-corrected chi connectivity index (χ2v) is 11.9. The Morgan fingerprint density at radius 1 is 1.25 bits per heavy atom. The molecule has 0 fully saturated rings. The van der Waals surface area contributed by atoms with Crippen molar-refractivity contribution in [3.8, 4) is 0 Å². The summed E-state index contributed by atoms with van der Waals surface area (Å²) in [6, 6.07) is 0. The van der Waals surface area contributed by atoms with Crippen LogP contribution < -0.4 is 0 Å². The van der Waals surface area contributed by atoms with Gasteiger partial charge in [-0.05, 0) is 0 Å². The van der Waals surface area contributed by atoms with E-state index in [1.807, 2.05) is 0 Å². The first-order valence-electron chi connectivity index (χ1n) is 0.338. The summed E-state index contributed by atoms with van der Waals surface area (Å²) in [6.45, 7) is 0. The van der Waals surface area contributed by atoms with Crippen LogP contribution in [0.3, 0.4) is 0 Å². The van der Waals surface area contributed by atoms with E-state index in [9.17, 15) is 0 Å². The van der Waals surface area contributed by atoms with E-state index >= 15 is 0 Å². The van der Waals surface area contributed by atoms with Crippen molar-refractivity contribution in [2.45, 2.75) is 0 Å². The molecule has 0 radical (unpaired) electrons. The normalized spacial score (nSPS) is 3.50. The number of hydrogen-bond donors (Lipinski definition) is 0. The van der Waals surface area contributed by atoms with Gasteiger partial charge in [0.15, 0.2) is 0 Å². The Morgan fingerprint density at radius 3 is 1.25 bits per heavy atom. The van der Waals surface area contributed by atoms with Crippen molar-refractivity contribution in [1.29, 1.82) is 0 Å². The van der Waals surface area contributed by atoms with Crippen molar-refractivity contribution in [3.05, 3.63) is 0 Å². The summed E-state index contributed by atoms with van der Waals surface area (Å²) < 4.78 is 0. The fourth-order valence-corrected chi connectivity index (χ4v) is 0. The standard InChI is InChI=1S/2HI.H3P.V/h2*1H;1H3;/q;;;+2/p-2. The molecule has 0 aliphatic heterocycles. The van der Waals surface area contributed by atoms with Gasteiger partial charge >= 0.3 is 49.4 Å². The third-order valence-corrected chi connectivity index (χ3v) is 0. The fraction of sp³-hybridized carbons (Fsp3) is 0. The maximum absolute atomic E-state index is 2.37. The zero-order chi connectivity index (χ0) is 2.71. The van der Waals surface area contributed by atoms with Crippen molar-refractivity contribution in [3.63, 3.8) is 0 Å².